The molecule has 140 valence electrons. The molecular weight excluding hydrogens is 366 g/mol. The number of hydrogen-bond donors (Lipinski definition) is 1. The highest BCUT2D eigenvalue weighted by Gasteiger charge is 2.06. The van der Waals surface area contributed by atoms with Crippen molar-refractivity contribution in [3.05, 3.63) is 64.3 Å². The first-order valence-corrected chi connectivity index (χ1v) is 9.19. The van der Waals surface area contributed by atoms with Gasteiger partial charge in [0.2, 0.25) is 0 Å². The third-order valence-electron chi connectivity index (χ3n) is 3.72. The maximum absolute atomic E-state index is 11.9. The molecule has 27 heavy (non-hydrogen) atoms. The van der Waals surface area contributed by atoms with Crippen LogP contribution in [0.1, 0.15) is 0 Å². The summed E-state index contributed by atoms with van der Waals surface area (Å²) in [6, 6.07) is 14.0. The first-order chi connectivity index (χ1) is 13.2. The Morgan fingerprint density at radius 2 is 1.93 bits per heavy atom. The van der Waals surface area contributed by atoms with E-state index in [4.69, 9.17) is 9.47 Å². The number of carbonyl (C=O) groups is 1. The fourth-order valence-electron chi connectivity index (χ4n) is 2.34. The van der Waals surface area contributed by atoms with Crippen LogP contribution in [0.4, 0.5) is 0 Å². The maximum Gasteiger partial charge on any atom is 0.266 e. The Kier molecular flexibility index (Phi) is 6.22. The molecule has 8 heteroatoms. The quantitative estimate of drug-likeness (QED) is 0.643. The smallest absolute Gasteiger partial charge is 0.266 e. The Labute approximate surface area is 160 Å². The molecule has 0 radical (unpaired) electrons. The Morgan fingerprint density at radius 1 is 1.15 bits per heavy atom. The Bertz CT molecular complexity index is 936. The molecule has 1 aromatic carbocycles. The highest BCUT2D eigenvalue weighted by atomic mass is 32.1. The number of carbonyl (C=O) groups excluding carboxylic acids is 1. The lowest BCUT2D eigenvalue weighted by Gasteiger charge is -2.09. The van der Waals surface area contributed by atoms with Gasteiger partial charge in [0.15, 0.2) is 6.61 Å². The number of methoxy groups -OCH3 is 1. The van der Waals surface area contributed by atoms with Crippen molar-refractivity contribution in [1.82, 2.24) is 15.1 Å². The Balaban J connectivity index is 1.48. The predicted octanol–water partition coefficient (Wildman–Crippen LogP) is 2.18. The highest BCUT2D eigenvalue weighted by Crippen LogP contribution is 2.21. The first-order valence-electron chi connectivity index (χ1n) is 8.31. The van der Waals surface area contributed by atoms with E-state index in [0.717, 1.165) is 16.3 Å². The van der Waals surface area contributed by atoms with Crippen molar-refractivity contribution in [2.24, 2.45) is 0 Å². The average molecular weight is 385 g/mol. The zero-order chi connectivity index (χ0) is 19.1. The molecule has 3 rings (SSSR count). The van der Waals surface area contributed by atoms with E-state index in [1.165, 1.54) is 10.7 Å². The largest absolute Gasteiger partial charge is 0.497 e. The maximum atomic E-state index is 11.9. The van der Waals surface area contributed by atoms with Crippen LogP contribution in [0.15, 0.2) is 58.7 Å². The van der Waals surface area contributed by atoms with Crippen molar-refractivity contribution < 1.29 is 14.3 Å². The summed E-state index contributed by atoms with van der Waals surface area (Å²) in [4.78, 5) is 24.8. The molecule has 0 unspecified atom stereocenters. The van der Waals surface area contributed by atoms with Gasteiger partial charge in [-0.05, 0) is 41.8 Å². The lowest BCUT2D eigenvalue weighted by Crippen LogP contribution is -2.34. The number of rotatable bonds is 8. The molecule has 3 aromatic rings. The molecule has 0 aliphatic carbocycles. The van der Waals surface area contributed by atoms with Crippen LogP contribution in [0.25, 0.3) is 10.6 Å². The van der Waals surface area contributed by atoms with E-state index in [-0.39, 0.29) is 31.2 Å². The van der Waals surface area contributed by atoms with Crippen molar-refractivity contribution in [2.75, 3.05) is 20.3 Å². The van der Waals surface area contributed by atoms with Crippen molar-refractivity contribution in [3.8, 4) is 22.1 Å². The Morgan fingerprint density at radius 3 is 2.63 bits per heavy atom. The third-order valence-corrected chi connectivity index (χ3v) is 4.61. The normalized spacial score (nSPS) is 10.4. The lowest BCUT2D eigenvalue weighted by molar-refractivity contribution is -0.123. The molecule has 1 amide bonds. The van der Waals surface area contributed by atoms with Crippen LogP contribution in [0.3, 0.4) is 0 Å². The van der Waals surface area contributed by atoms with Gasteiger partial charge in [-0.1, -0.05) is 6.07 Å². The zero-order valence-corrected chi connectivity index (χ0v) is 15.6. The molecule has 0 bridgehead atoms. The standard InChI is InChI=1S/C19H19N3O4S/c1-25-14-4-6-15(7-5-14)26-13-18(23)20-10-11-22-19(24)9-8-16(21-22)17-3-2-12-27-17/h2-9,12H,10-11,13H2,1H3,(H,20,23). The zero-order valence-electron chi connectivity index (χ0n) is 14.8. The van der Waals surface area contributed by atoms with E-state index in [2.05, 4.69) is 10.4 Å². The molecule has 7 nitrogen and oxygen atoms in total. The van der Waals surface area contributed by atoms with Gasteiger partial charge in [0, 0.05) is 12.6 Å². The molecule has 2 aromatic heterocycles. The van der Waals surface area contributed by atoms with E-state index in [9.17, 15) is 9.59 Å². The summed E-state index contributed by atoms with van der Waals surface area (Å²) in [5.74, 6) is 1.02. The van der Waals surface area contributed by atoms with Crippen LogP contribution in [0.5, 0.6) is 11.5 Å². The second-order valence-corrected chi connectivity index (χ2v) is 6.52. The highest BCUT2D eigenvalue weighted by molar-refractivity contribution is 7.13. The number of thiophene rings is 1. The molecule has 1 N–H and O–H groups in total. The fourth-order valence-corrected chi connectivity index (χ4v) is 3.03. The second kappa shape index (κ2) is 9.00. The molecular formula is C19H19N3O4S. The minimum absolute atomic E-state index is 0.107. The van der Waals surface area contributed by atoms with Crippen LogP contribution >= 0.6 is 11.3 Å². The monoisotopic (exact) mass is 385 g/mol. The lowest BCUT2D eigenvalue weighted by atomic mass is 10.3. The summed E-state index contributed by atoms with van der Waals surface area (Å²) in [7, 11) is 1.58. The number of ether oxygens (including phenoxy) is 2. The van der Waals surface area contributed by atoms with Crippen molar-refractivity contribution >= 4 is 17.2 Å². The average Bonchev–Trinajstić information content (AvgIpc) is 3.23. The summed E-state index contributed by atoms with van der Waals surface area (Å²) in [6.07, 6.45) is 0. The van der Waals surface area contributed by atoms with Crippen molar-refractivity contribution in [2.45, 2.75) is 6.54 Å². The van der Waals surface area contributed by atoms with E-state index < -0.39 is 0 Å². The minimum Gasteiger partial charge on any atom is -0.497 e. The number of nitrogens with one attached hydrogen (secondary N) is 1. The van der Waals surface area contributed by atoms with E-state index >= 15 is 0 Å². The predicted molar refractivity (Wildman–Crippen MR) is 103 cm³/mol. The van der Waals surface area contributed by atoms with Gasteiger partial charge in [-0.2, -0.15) is 5.10 Å². The van der Waals surface area contributed by atoms with Gasteiger partial charge in [-0.15, -0.1) is 11.3 Å². The third kappa shape index (κ3) is 5.18. The van der Waals surface area contributed by atoms with Gasteiger partial charge in [0.05, 0.1) is 18.5 Å². The van der Waals surface area contributed by atoms with Crippen LogP contribution < -0.4 is 20.3 Å². The molecule has 0 saturated carbocycles. The van der Waals surface area contributed by atoms with Gasteiger partial charge in [0.25, 0.3) is 11.5 Å². The molecule has 0 aliphatic heterocycles. The van der Waals surface area contributed by atoms with Crippen LogP contribution in [-0.4, -0.2) is 35.9 Å². The fraction of sp³-hybridized carbons (Fsp3) is 0.211. The van der Waals surface area contributed by atoms with Crippen LogP contribution in [0.2, 0.25) is 0 Å². The number of nitrogens with zero attached hydrogens (tertiary/aromatic N) is 2. The Hall–Kier alpha value is -3.13. The summed E-state index contributed by atoms with van der Waals surface area (Å²) in [6.45, 7) is 0.460. The topological polar surface area (TPSA) is 82.4 Å². The van der Waals surface area contributed by atoms with Gasteiger partial charge >= 0.3 is 0 Å². The van der Waals surface area contributed by atoms with Gasteiger partial charge in [-0.25, -0.2) is 4.68 Å². The first kappa shape index (κ1) is 18.7. The number of benzene rings is 1. The van der Waals surface area contributed by atoms with Gasteiger partial charge in [-0.3, -0.25) is 9.59 Å². The number of aromatic nitrogens is 2. The summed E-state index contributed by atoms with van der Waals surface area (Å²) < 4.78 is 11.8. The summed E-state index contributed by atoms with van der Waals surface area (Å²) >= 11 is 1.55. The van der Waals surface area contributed by atoms with Crippen LogP contribution in [0, 0.1) is 0 Å². The molecule has 0 fully saturated rings. The molecule has 0 saturated heterocycles. The van der Waals surface area contributed by atoms with Gasteiger partial charge in [0.1, 0.15) is 17.2 Å². The second-order valence-electron chi connectivity index (χ2n) is 5.57. The SMILES string of the molecule is COc1ccc(OCC(=O)NCCn2nc(-c3cccs3)ccc2=O)cc1. The van der Waals surface area contributed by atoms with Crippen molar-refractivity contribution in [3.63, 3.8) is 0 Å². The molecule has 0 spiro atoms. The molecule has 0 aliphatic rings. The number of hydrogen-bond acceptors (Lipinski definition) is 6. The van der Waals surface area contributed by atoms with Gasteiger partial charge < -0.3 is 14.8 Å². The summed E-state index contributed by atoms with van der Waals surface area (Å²) in [5.41, 5.74) is 0.526. The molecule has 0 atom stereocenters. The van der Waals surface area contributed by atoms with E-state index in [1.54, 1.807) is 48.8 Å². The van der Waals surface area contributed by atoms with Crippen LogP contribution in [-0.2, 0) is 11.3 Å². The van der Waals surface area contributed by atoms with E-state index in [1.807, 2.05) is 17.5 Å². The minimum atomic E-state index is -0.270. The van der Waals surface area contributed by atoms with Crippen molar-refractivity contribution in [1.29, 1.82) is 0 Å². The number of amides is 1. The van der Waals surface area contributed by atoms with E-state index in [0.29, 0.717) is 5.75 Å². The molecule has 2 heterocycles. The summed E-state index contributed by atoms with van der Waals surface area (Å²) in [5, 5.41) is 9.02.